The second kappa shape index (κ2) is 15.0. The lowest BCUT2D eigenvalue weighted by Crippen LogP contribution is -2.29. The molecule has 0 N–H and O–H groups in total. The Bertz CT molecular complexity index is 221. The molecule has 3 heteroatoms. The second-order valence-electron chi connectivity index (χ2n) is 7.59. The quantitative estimate of drug-likeness (QED) is 0.196. The van der Waals surface area contributed by atoms with Crippen LogP contribution >= 0.6 is 0 Å². The van der Waals surface area contributed by atoms with Crippen LogP contribution in [-0.2, 0) is 8.53 Å². The molecule has 0 radical (unpaired) electrons. The molecular weight excluding hydrogens is 287 g/mol. The molecule has 0 fully saturated rings. The van der Waals surface area contributed by atoms with Crippen LogP contribution < -0.4 is 0 Å². The van der Waals surface area contributed by atoms with Crippen molar-refractivity contribution in [2.24, 2.45) is 11.8 Å². The molecule has 132 valence electrons. The first-order valence-corrected chi connectivity index (χ1v) is 11.8. The standard InChI is InChI=1S/C11H23O2.2C4H9.Al/c1-3-4-5-6-7-8-9-10-11(12)13-2;2*1-4(2)3;/h11H,3-10H2,1-2H3;2*4H,1H2,2-3H3;/q-1;;;+1. The molecule has 0 aromatic rings. The zero-order valence-corrected chi connectivity index (χ0v) is 17.4. The lowest BCUT2D eigenvalue weighted by Gasteiger charge is -2.24. The molecular formula is C19H41AlO2. The van der Waals surface area contributed by atoms with E-state index in [1.54, 1.807) is 0 Å². The lowest BCUT2D eigenvalue weighted by atomic mass is 10.1. The first kappa shape index (κ1) is 22.5. The summed E-state index contributed by atoms with van der Waals surface area (Å²) in [6, 6.07) is 0. The van der Waals surface area contributed by atoms with Crippen LogP contribution in [0.4, 0.5) is 0 Å². The van der Waals surface area contributed by atoms with E-state index in [9.17, 15) is 0 Å². The summed E-state index contributed by atoms with van der Waals surface area (Å²) in [6.07, 6.45) is 10.6. The third-order valence-corrected chi connectivity index (χ3v) is 7.74. The van der Waals surface area contributed by atoms with Crippen LogP contribution in [0.5, 0.6) is 0 Å². The monoisotopic (exact) mass is 328 g/mol. The predicted octanol–water partition coefficient (Wildman–Crippen LogP) is 6.42. The van der Waals surface area contributed by atoms with E-state index in [1.807, 2.05) is 7.11 Å². The van der Waals surface area contributed by atoms with Crippen LogP contribution in [0.2, 0.25) is 10.6 Å². The largest absolute Gasteiger partial charge is 0.478 e. The minimum Gasteiger partial charge on any atom is -0.478 e. The average Bonchev–Trinajstić information content (AvgIpc) is 2.43. The molecule has 0 saturated carbocycles. The molecule has 22 heavy (non-hydrogen) atoms. The Morgan fingerprint density at radius 2 is 1.27 bits per heavy atom. The van der Waals surface area contributed by atoms with Gasteiger partial charge in [-0.15, -0.1) is 0 Å². The molecule has 0 heterocycles. The van der Waals surface area contributed by atoms with E-state index < -0.39 is 14.5 Å². The van der Waals surface area contributed by atoms with Gasteiger partial charge in [0.15, 0.2) is 0 Å². The van der Waals surface area contributed by atoms with Crippen molar-refractivity contribution in [1.82, 2.24) is 0 Å². The number of hydrogen-bond donors (Lipinski definition) is 0. The molecule has 0 spiro atoms. The van der Waals surface area contributed by atoms with Crippen LogP contribution in [0, 0.1) is 11.8 Å². The molecule has 0 saturated heterocycles. The molecule has 0 aliphatic carbocycles. The SMILES string of the molecule is CCCCCCCCCC(OC)[O][Al]([CH2]C(C)C)[CH2]C(C)C. The first-order chi connectivity index (χ1) is 10.5. The summed E-state index contributed by atoms with van der Waals surface area (Å²) >= 11 is -1.12. The first-order valence-electron chi connectivity index (χ1n) is 9.67. The van der Waals surface area contributed by atoms with Crippen LogP contribution in [0.1, 0.15) is 86.0 Å². The van der Waals surface area contributed by atoms with Crippen molar-refractivity contribution < 1.29 is 8.53 Å². The van der Waals surface area contributed by atoms with E-state index in [1.165, 1.54) is 55.5 Å². The Labute approximate surface area is 145 Å². The molecule has 0 aromatic carbocycles. The lowest BCUT2D eigenvalue weighted by molar-refractivity contribution is -0.0633. The van der Waals surface area contributed by atoms with Gasteiger partial charge in [0.05, 0.1) is 0 Å². The number of hydrogen-bond acceptors (Lipinski definition) is 2. The Morgan fingerprint density at radius 1 is 0.773 bits per heavy atom. The van der Waals surface area contributed by atoms with Gasteiger partial charge in [-0.05, 0) is 12.8 Å². The number of ether oxygens (including phenoxy) is 1. The summed E-state index contributed by atoms with van der Waals surface area (Å²) in [7, 11) is 1.81. The topological polar surface area (TPSA) is 18.5 Å². The highest BCUT2D eigenvalue weighted by atomic mass is 27.2. The minimum atomic E-state index is -1.12. The molecule has 0 aliphatic heterocycles. The van der Waals surface area contributed by atoms with Gasteiger partial charge in [-0.25, -0.2) is 0 Å². The van der Waals surface area contributed by atoms with Crippen LogP contribution in [0.15, 0.2) is 0 Å². The Hall–Kier alpha value is 0.452. The fraction of sp³-hybridized carbons (Fsp3) is 1.00. The van der Waals surface area contributed by atoms with Gasteiger partial charge < -0.3 is 8.53 Å². The highest BCUT2D eigenvalue weighted by Gasteiger charge is 2.26. The van der Waals surface area contributed by atoms with Gasteiger partial charge in [-0.3, -0.25) is 0 Å². The maximum atomic E-state index is 6.38. The maximum Gasteiger partial charge on any atom is 0.463 e. The molecule has 2 nitrogen and oxygen atoms in total. The van der Waals surface area contributed by atoms with Crippen molar-refractivity contribution in [2.45, 2.75) is 103 Å². The van der Waals surface area contributed by atoms with Gasteiger partial charge in [0, 0.05) is 7.11 Å². The Morgan fingerprint density at radius 3 is 1.73 bits per heavy atom. The van der Waals surface area contributed by atoms with Crippen LogP contribution in [0.3, 0.4) is 0 Å². The molecule has 1 unspecified atom stereocenters. The maximum absolute atomic E-state index is 6.38. The number of methoxy groups -OCH3 is 1. The smallest absolute Gasteiger partial charge is 0.463 e. The number of rotatable bonds is 15. The molecule has 0 aliphatic rings. The van der Waals surface area contributed by atoms with E-state index in [2.05, 4.69) is 34.6 Å². The highest BCUT2D eigenvalue weighted by molar-refractivity contribution is 6.52. The second-order valence-corrected chi connectivity index (χ2v) is 10.1. The van der Waals surface area contributed by atoms with Crippen LogP contribution in [-0.4, -0.2) is 27.9 Å². The normalized spacial score (nSPS) is 13.1. The summed E-state index contributed by atoms with van der Waals surface area (Å²) in [4.78, 5) is 0. The summed E-state index contributed by atoms with van der Waals surface area (Å²) in [5.74, 6) is 1.48. The fourth-order valence-corrected chi connectivity index (χ4v) is 6.18. The van der Waals surface area contributed by atoms with E-state index in [-0.39, 0.29) is 6.29 Å². The summed E-state index contributed by atoms with van der Waals surface area (Å²) in [5.41, 5.74) is 0. The molecule has 0 rings (SSSR count). The van der Waals surface area contributed by atoms with Crippen molar-refractivity contribution in [3.05, 3.63) is 0 Å². The van der Waals surface area contributed by atoms with Gasteiger partial charge in [-0.2, -0.15) is 0 Å². The minimum absolute atomic E-state index is 0.0461. The van der Waals surface area contributed by atoms with Crippen LogP contribution in [0.25, 0.3) is 0 Å². The highest BCUT2D eigenvalue weighted by Crippen LogP contribution is 2.19. The van der Waals surface area contributed by atoms with Crippen molar-refractivity contribution in [3.63, 3.8) is 0 Å². The van der Waals surface area contributed by atoms with E-state index in [4.69, 9.17) is 8.53 Å². The van der Waals surface area contributed by atoms with E-state index in [0.717, 1.165) is 18.3 Å². The summed E-state index contributed by atoms with van der Waals surface area (Å²) in [6.45, 7) is 11.5. The fourth-order valence-electron chi connectivity index (χ4n) is 2.98. The zero-order valence-electron chi connectivity index (χ0n) is 16.2. The van der Waals surface area contributed by atoms with Gasteiger partial charge in [-0.1, -0.05) is 95.5 Å². The average molecular weight is 329 g/mol. The number of unbranched alkanes of at least 4 members (excludes halogenated alkanes) is 6. The summed E-state index contributed by atoms with van der Waals surface area (Å²) < 4.78 is 12.0. The molecule has 1 atom stereocenters. The molecule has 0 aromatic heterocycles. The predicted molar refractivity (Wildman–Crippen MR) is 99.5 cm³/mol. The molecule has 0 bridgehead atoms. The van der Waals surface area contributed by atoms with E-state index >= 15 is 0 Å². The van der Waals surface area contributed by atoms with Gasteiger partial charge in [0.2, 0.25) is 0 Å². The van der Waals surface area contributed by atoms with Gasteiger partial charge in [0.25, 0.3) is 0 Å². The van der Waals surface area contributed by atoms with E-state index in [0.29, 0.717) is 0 Å². The van der Waals surface area contributed by atoms with Crippen molar-refractivity contribution in [2.75, 3.05) is 7.11 Å². The third kappa shape index (κ3) is 14.1. The zero-order chi connectivity index (χ0) is 16.8. The van der Waals surface area contributed by atoms with Gasteiger partial charge in [0.1, 0.15) is 6.29 Å². The molecule has 0 amide bonds. The Balaban J connectivity index is 3.94. The van der Waals surface area contributed by atoms with Crippen molar-refractivity contribution >= 4 is 14.5 Å². The van der Waals surface area contributed by atoms with Gasteiger partial charge >= 0.3 is 14.5 Å². The summed E-state index contributed by atoms with van der Waals surface area (Å²) in [5, 5.41) is 2.55. The van der Waals surface area contributed by atoms with Crippen molar-refractivity contribution in [3.8, 4) is 0 Å². The van der Waals surface area contributed by atoms with Crippen molar-refractivity contribution in [1.29, 1.82) is 0 Å². The Kier molecular flexibility index (Phi) is 15.3. The third-order valence-electron chi connectivity index (χ3n) is 4.12.